The van der Waals surface area contributed by atoms with E-state index in [2.05, 4.69) is 11.4 Å². The summed E-state index contributed by atoms with van der Waals surface area (Å²) in [5.74, 6) is 0. The van der Waals surface area contributed by atoms with Crippen LogP contribution in [0.15, 0.2) is 18.2 Å². The van der Waals surface area contributed by atoms with Gasteiger partial charge in [0.05, 0.1) is 16.1 Å². The predicted molar refractivity (Wildman–Crippen MR) is 67.6 cm³/mol. The Morgan fingerprint density at radius 1 is 1.25 bits per heavy atom. The molecule has 16 heavy (non-hydrogen) atoms. The van der Waals surface area contributed by atoms with E-state index in [0.29, 0.717) is 23.0 Å². The molecule has 1 N–H and O–H groups in total. The third-order valence-corrected chi connectivity index (χ3v) is 3.10. The molecule has 0 aliphatic carbocycles. The quantitative estimate of drug-likeness (QED) is 0.787. The van der Waals surface area contributed by atoms with E-state index in [9.17, 15) is 0 Å². The van der Waals surface area contributed by atoms with Crippen molar-refractivity contribution in [3.8, 4) is 6.07 Å². The van der Waals surface area contributed by atoms with E-state index >= 15 is 0 Å². The monoisotopic (exact) mass is 256 g/mol. The Morgan fingerprint density at radius 2 is 2.06 bits per heavy atom. The second-order valence-corrected chi connectivity index (χ2v) is 4.29. The topological polar surface area (TPSA) is 35.8 Å². The molecule has 0 aliphatic heterocycles. The summed E-state index contributed by atoms with van der Waals surface area (Å²) in [5, 5.41) is 12.8. The molecular formula is C12H14Cl2N2. The van der Waals surface area contributed by atoms with Crippen molar-refractivity contribution in [1.29, 1.82) is 5.26 Å². The minimum absolute atomic E-state index is 0.588. The average Bonchev–Trinajstić information content (AvgIpc) is 2.29. The van der Waals surface area contributed by atoms with E-state index < -0.39 is 0 Å². The highest BCUT2D eigenvalue weighted by Gasteiger charge is 2.02. The fraction of sp³-hybridized carbons (Fsp3) is 0.417. The third kappa shape index (κ3) is 4.40. The molecule has 0 radical (unpaired) electrons. The highest BCUT2D eigenvalue weighted by Crippen LogP contribution is 2.25. The predicted octanol–water partition coefficient (Wildman–Crippen LogP) is 3.78. The summed E-state index contributed by atoms with van der Waals surface area (Å²) in [6.07, 6.45) is 2.57. The van der Waals surface area contributed by atoms with Crippen LogP contribution in [-0.4, -0.2) is 6.54 Å². The molecule has 0 spiro atoms. The van der Waals surface area contributed by atoms with Crippen molar-refractivity contribution in [1.82, 2.24) is 5.32 Å². The number of nitrogens with zero attached hydrogens (tertiary/aromatic N) is 1. The van der Waals surface area contributed by atoms with Crippen LogP contribution in [0.25, 0.3) is 0 Å². The Hall–Kier alpha value is -0.750. The molecule has 0 aromatic heterocycles. The summed E-state index contributed by atoms with van der Waals surface area (Å²) >= 11 is 11.9. The number of halogens is 2. The number of hydrogen-bond acceptors (Lipinski definition) is 2. The first-order valence-electron chi connectivity index (χ1n) is 5.26. The van der Waals surface area contributed by atoms with E-state index in [4.69, 9.17) is 28.5 Å². The van der Waals surface area contributed by atoms with Crippen molar-refractivity contribution in [2.45, 2.75) is 25.8 Å². The van der Waals surface area contributed by atoms with Gasteiger partial charge in [0.1, 0.15) is 0 Å². The van der Waals surface area contributed by atoms with Crippen LogP contribution in [-0.2, 0) is 6.54 Å². The Labute approximate surface area is 106 Å². The minimum atomic E-state index is 0.588. The summed E-state index contributed by atoms with van der Waals surface area (Å²) in [7, 11) is 0. The molecule has 4 heteroatoms. The lowest BCUT2D eigenvalue weighted by molar-refractivity contribution is 0.629. The number of hydrogen-bond donors (Lipinski definition) is 1. The molecule has 0 aliphatic rings. The molecule has 86 valence electrons. The maximum atomic E-state index is 8.37. The van der Waals surface area contributed by atoms with Crippen LogP contribution in [0.4, 0.5) is 0 Å². The molecule has 0 heterocycles. The fourth-order valence-corrected chi connectivity index (χ4v) is 1.75. The van der Waals surface area contributed by atoms with Gasteiger partial charge >= 0.3 is 0 Å². The standard InChI is InChI=1S/C12H14Cl2N2/c13-11-6-4-5-10(12(11)14)9-16-8-3-1-2-7-15/h4-6,16H,1-3,8-9H2. The molecule has 2 nitrogen and oxygen atoms in total. The fourth-order valence-electron chi connectivity index (χ4n) is 1.36. The second kappa shape index (κ2) is 7.51. The van der Waals surface area contributed by atoms with E-state index in [1.807, 2.05) is 12.1 Å². The van der Waals surface area contributed by atoms with Crippen molar-refractivity contribution < 1.29 is 0 Å². The van der Waals surface area contributed by atoms with Gasteiger partial charge in [0.15, 0.2) is 0 Å². The zero-order valence-corrected chi connectivity index (χ0v) is 10.5. The Bertz CT molecular complexity index is 372. The summed E-state index contributed by atoms with van der Waals surface area (Å²) in [6.45, 7) is 1.61. The van der Waals surface area contributed by atoms with Gasteiger partial charge < -0.3 is 5.32 Å². The van der Waals surface area contributed by atoms with Crippen molar-refractivity contribution in [3.63, 3.8) is 0 Å². The maximum absolute atomic E-state index is 8.37. The molecule has 0 amide bonds. The normalized spacial score (nSPS) is 10.1. The highest BCUT2D eigenvalue weighted by molar-refractivity contribution is 6.42. The molecule has 0 saturated heterocycles. The number of nitrogens with one attached hydrogen (secondary N) is 1. The first-order valence-corrected chi connectivity index (χ1v) is 6.02. The molecule has 0 atom stereocenters. The van der Waals surface area contributed by atoms with E-state index in [1.165, 1.54) is 0 Å². The van der Waals surface area contributed by atoms with E-state index in [-0.39, 0.29) is 0 Å². The van der Waals surface area contributed by atoms with Gasteiger partial charge in [-0.05, 0) is 31.0 Å². The summed E-state index contributed by atoms with van der Waals surface area (Å²) in [6, 6.07) is 7.75. The van der Waals surface area contributed by atoms with Crippen LogP contribution < -0.4 is 5.32 Å². The van der Waals surface area contributed by atoms with Crippen molar-refractivity contribution in [3.05, 3.63) is 33.8 Å². The third-order valence-electron chi connectivity index (χ3n) is 2.24. The first-order chi connectivity index (χ1) is 7.75. The van der Waals surface area contributed by atoms with E-state index in [0.717, 1.165) is 24.9 Å². The van der Waals surface area contributed by atoms with Gasteiger partial charge in [-0.1, -0.05) is 35.3 Å². The van der Waals surface area contributed by atoms with Gasteiger partial charge in [-0.25, -0.2) is 0 Å². The number of rotatable bonds is 6. The minimum Gasteiger partial charge on any atom is -0.313 e. The van der Waals surface area contributed by atoms with Crippen LogP contribution in [0, 0.1) is 11.3 Å². The Morgan fingerprint density at radius 3 is 2.81 bits per heavy atom. The molecular weight excluding hydrogens is 243 g/mol. The van der Waals surface area contributed by atoms with Crippen LogP contribution in [0.5, 0.6) is 0 Å². The lowest BCUT2D eigenvalue weighted by atomic mass is 10.2. The van der Waals surface area contributed by atoms with Crippen LogP contribution >= 0.6 is 23.2 Å². The largest absolute Gasteiger partial charge is 0.313 e. The average molecular weight is 257 g/mol. The van der Waals surface area contributed by atoms with Crippen LogP contribution in [0.3, 0.4) is 0 Å². The van der Waals surface area contributed by atoms with Gasteiger partial charge in [0.25, 0.3) is 0 Å². The van der Waals surface area contributed by atoms with Crippen molar-refractivity contribution in [2.75, 3.05) is 6.54 Å². The highest BCUT2D eigenvalue weighted by atomic mass is 35.5. The van der Waals surface area contributed by atoms with Gasteiger partial charge in [-0.2, -0.15) is 5.26 Å². The Balaban J connectivity index is 2.27. The Kier molecular flexibility index (Phi) is 6.25. The molecule has 0 saturated carbocycles. The van der Waals surface area contributed by atoms with E-state index in [1.54, 1.807) is 6.07 Å². The number of unbranched alkanes of at least 4 members (excludes halogenated alkanes) is 2. The molecule has 1 aromatic carbocycles. The first kappa shape index (κ1) is 13.3. The van der Waals surface area contributed by atoms with Crippen LogP contribution in [0.1, 0.15) is 24.8 Å². The zero-order chi connectivity index (χ0) is 11.8. The van der Waals surface area contributed by atoms with Gasteiger partial charge in [-0.3, -0.25) is 0 Å². The van der Waals surface area contributed by atoms with Gasteiger partial charge in [-0.15, -0.1) is 0 Å². The second-order valence-electron chi connectivity index (χ2n) is 3.50. The van der Waals surface area contributed by atoms with Gasteiger partial charge in [0, 0.05) is 13.0 Å². The maximum Gasteiger partial charge on any atom is 0.0637 e. The smallest absolute Gasteiger partial charge is 0.0637 e. The van der Waals surface area contributed by atoms with Crippen LogP contribution in [0.2, 0.25) is 10.0 Å². The molecule has 1 aromatic rings. The summed E-state index contributed by atoms with van der Waals surface area (Å²) in [5.41, 5.74) is 1.01. The zero-order valence-electron chi connectivity index (χ0n) is 8.97. The summed E-state index contributed by atoms with van der Waals surface area (Å²) in [4.78, 5) is 0. The number of benzene rings is 1. The van der Waals surface area contributed by atoms with Crippen molar-refractivity contribution >= 4 is 23.2 Å². The van der Waals surface area contributed by atoms with Gasteiger partial charge in [0.2, 0.25) is 0 Å². The lowest BCUT2D eigenvalue weighted by Gasteiger charge is -2.07. The molecule has 0 fully saturated rings. The SMILES string of the molecule is N#CCCCCNCc1cccc(Cl)c1Cl. The molecule has 1 rings (SSSR count). The summed E-state index contributed by atoms with van der Waals surface area (Å²) < 4.78 is 0. The lowest BCUT2D eigenvalue weighted by Crippen LogP contribution is -2.14. The number of nitriles is 1. The molecule has 0 bridgehead atoms. The molecule has 0 unspecified atom stereocenters. The van der Waals surface area contributed by atoms with Crippen molar-refractivity contribution in [2.24, 2.45) is 0 Å².